The van der Waals surface area contributed by atoms with E-state index < -0.39 is 11.8 Å². The molecule has 4 aromatic rings. The zero-order valence-corrected chi connectivity index (χ0v) is 19.4. The molecule has 0 amide bonds. The van der Waals surface area contributed by atoms with Crippen LogP contribution in [-0.4, -0.2) is 28.4 Å². The average Bonchev–Trinajstić information content (AvgIpc) is 2.86. The number of ether oxygens (including phenoxy) is 1. The first-order valence-corrected chi connectivity index (χ1v) is 11.2. The van der Waals surface area contributed by atoms with E-state index in [0.29, 0.717) is 5.75 Å². The zero-order valence-electron chi connectivity index (χ0n) is 19.4. The summed E-state index contributed by atoms with van der Waals surface area (Å²) >= 11 is 0. The summed E-state index contributed by atoms with van der Waals surface area (Å²) in [7, 11) is 0. The molecule has 0 aliphatic rings. The van der Waals surface area contributed by atoms with Crippen molar-refractivity contribution in [3.05, 3.63) is 102 Å². The van der Waals surface area contributed by atoms with E-state index in [1.165, 1.54) is 24.3 Å². The van der Waals surface area contributed by atoms with E-state index in [2.05, 4.69) is 13.8 Å². The molecule has 6 heteroatoms. The van der Waals surface area contributed by atoms with Crippen molar-refractivity contribution in [2.75, 3.05) is 6.61 Å². The molecule has 4 rings (SSSR count). The normalized spacial score (nSPS) is 11.3. The van der Waals surface area contributed by atoms with Gasteiger partial charge in [0.15, 0.2) is 0 Å². The molecule has 0 atom stereocenters. The Morgan fingerprint density at radius 3 is 2.34 bits per heavy atom. The summed E-state index contributed by atoms with van der Waals surface area (Å²) in [6.07, 6.45) is 3.84. The van der Waals surface area contributed by atoms with Crippen LogP contribution in [0.2, 0.25) is 0 Å². The lowest BCUT2D eigenvalue weighted by atomic mass is 9.90. The summed E-state index contributed by atoms with van der Waals surface area (Å²) in [6.45, 7) is 4.41. The van der Waals surface area contributed by atoms with E-state index in [1.807, 2.05) is 36.4 Å². The molecule has 1 aromatic heterocycles. The number of nitrogens with zero attached hydrogens (tertiary/aromatic N) is 1. The van der Waals surface area contributed by atoms with Gasteiger partial charge in [0.2, 0.25) is 0 Å². The molecule has 5 nitrogen and oxygen atoms in total. The number of hydrogen-bond acceptors (Lipinski definition) is 4. The fraction of sp³-hybridized carbons (Fsp3) is 0.138. The van der Waals surface area contributed by atoms with Gasteiger partial charge in [-0.1, -0.05) is 50.3 Å². The van der Waals surface area contributed by atoms with Crippen molar-refractivity contribution in [3.8, 4) is 16.9 Å². The van der Waals surface area contributed by atoms with Gasteiger partial charge in [-0.3, -0.25) is 9.78 Å². The van der Waals surface area contributed by atoms with Crippen molar-refractivity contribution in [1.29, 1.82) is 0 Å². The number of ketones is 1. The summed E-state index contributed by atoms with van der Waals surface area (Å²) < 4.78 is 19.4. The molecule has 0 saturated heterocycles. The minimum absolute atomic E-state index is 0.0909. The molecule has 0 spiro atoms. The molecule has 176 valence electrons. The summed E-state index contributed by atoms with van der Waals surface area (Å²) in [5.74, 6) is -2.09. The van der Waals surface area contributed by atoms with Crippen LogP contribution in [0.1, 0.15) is 41.4 Å². The number of Topliss-reactive ketones (excluding diaryl/α,β-unsaturated/α-hetero) is 1. The predicted octanol–water partition coefficient (Wildman–Crippen LogP) is 6.52. The Kier molecular flexibility index (Phi) is 7.01. The number of hydrogen-bond donors (Lipinski definition) is 1. The highest BCUT2D eigenvalue weighted by molar-refractivity contribution is 6.39. The van der Waals surface area contributed by atoms with Gasteiger partial charge < -0.3 is 9.84 Å². The Bertz CT molecular complexity index is 1410. The average molecular weight is 470 g/mol. The molecule has 0 aliphatic heterocycles. The maximum Gasteiger partial charge on any atom is 0.377 e. The molecule has 3 aromatic carbocycles. The number of carboxylic acids is 1. The molecule has 0 aliphatic carbocycles. The number of fused-ring (bicyclic) bond motifs is 1. The SMILES string of the molecule is CC(C)c1nc2ccccc2c(-c2ccc(F)cc2)c1C=CCOc1ccc(C(=O)C(=O)O)cc1. The number of rotatable bonds is 8. The van der Waals surface area contributed by atoms with Gasteiger partial charge in [0.05, 0.1) is 11.2 Å². The van der Waals surface area contributed by atoms with Gasteiger partial charge in [-0.15, -0.1) is 0 Å². The highest BCUT2D eigenvalue weighted by Gasteiger charge is 2.17. The van der Waals surface area contributed by atoms with E-state index in [-0.39, 0.29) is 23.9 Å². The monoisotopic (exact) mass is 469 g/mol. The topological polar surface area (TPSA) is 76.5 Å². The van der Waals surface area contributed by atoms with Crippen LogP contribution in [0.25, 0.3) is 28.1 Å². The van der Waals surface area contributed by atoms with Crippen molar-refractivity contribution in [1.82, 2.24) is 4.98 Å². The number of benzene rings is 3. The molecule has 0 bridgehead atoms. The lowest BCUT2D eigenvalue weighted by Gasteiger charge is -2.17. The Hall–Kier alpha value is -4.32. The van der Waals surface area contributed by atoms with Crippen LogP contribution in [0.5, 0.6) is 5.75 Å². The second-order valence-corrected chi connectivity index (χ2v) is 8.34. The molecule has 0 unspecified atom stereocenters. The second-order valence-electron chi connectivity index (χ2n) is 8.34. The maximum atomic E-state index is 13.7. The van der Waals surface area contributed by atoms with E-state index in [0.717, 1.165) is 33.3 Å². The Labute approximate surface area is 202 Å². The van der Waals surface area contributed by atoms with Gasteiger partial charge in [0.25, 0.3) is 5.78 Å². The summed E-state index contributed by atoms with van der Waals surface area (Å²) in [6, 6.07) is 20.3. The number of aliphatic carboxylic acids is 1. The number of aromatic nitrogens is 1. The van der Waals surface area contributed by atoms with Gasteiger partial charge in [-0.05, 0) is 60.0 Å². The minimum atomic E-state index is -1.50. The summed E-state index contributed by atoms with van der Waals surface area (Å²) in [5, 5.41) is 9.79. The number of halogens is 1. The van der Waals surface area contributed by atoms with Gasteiger partial charge in [0.1, 0.15) is 18.2 Å². The fourth-order valence-corrected chi connectivity index (χ4v) is 3.92. The van der Waals surface area contributed by atoms with Crippen LogP contribution < -0.4 is 4.74 Å². The molecule has 0 fully saturated rings. The standard InChI is InChI=1S/C29H24FNO4/c1-18(2)27-24(7-5-17-35-22-15-11-20(12-16-22)28(32)29(33)34)26(19-9-13-21(30)14-10-19)23-6-3-4-8-25(23)31-27/h3-16,18H,17H2,1-2H3,(H,33,34). The third kappa shape index (κ3) is 5.27. The van der Waals surface area contributed by atoms with Gasteiger partial charge in [0, 0.05) is 22.1 Å². The quantitative estimate of drug-likeness (QED) is 0.235. The fourth-order valence-electron chi connectivity index (χ4n) is 3.92. The molecule has 1 N–H and O–H groups in total. The largest absolute Gasteiger partial charge is 0.490 e. The highest BCUT2D eigenvalue weighted by Crippen LogP contribution is 2.36. The lowest BCUT2D eigenvalue weighted by Crippen LogP contribution is -2.12. The Morgan fingerprint density at radius 1 is 1.00 bits per heavy atom. The van der Waals surface area contributed by atoms with Crippen molar-refractivity contribution in [2.45, 2.75) is 19.8 Å². The number of para-hydroxylation sites is 1. The third-order valence-corrected chi connectivity index (χ3v) is 5.58. The molecule has 0 radical (unpaired) electrons. The van der Waals surface area contributed by atoms with E-state index in [1.54, 1.807) is 24.3 Å². The molecule has 35 heavy (non-hydrogen) atoms. The van der Waals surface area contributed by atoms with Gasteiger partial charge in [-0.25, -0.2) is 9.18 Å². The van der Waals surface area contributed by atoms with Crippen molar-refractivity contribution in [3.63, 3.8) is 0 Å². The smallest absolute Gasteiger partial charge is 0.377 e. The number of carbonyl (C=O) groups is 2. The van der Waals surface area contributed by atoms with Gasteiger partial charge in [-0.2, -0.15) is 0 Å². The van der Waals surface area contributed by atoms with Crippen LogP contribution in [0.4, 0.5) is 4.39 Å². The van der Waals surface area contributed by atoms with Crippen molar-refractivity contribution >= 4 is 28.7 Å². The lowest BCUT2D eigenvalue weighted by molar-refractivity contribution is -0.131. The van der Waals surface area contributed by atoms with Crippen LogP contribution in [0.3, 0.4) is 0 Å². The van der Waals surface area contributed by atoms with E-state index in [4.69, 9.17) is 14.8 Å². The Morgan fingerprint density at radius 2 is 1.69 bits per heavy atom. The molecule has 0 saturated carbocycles. The number of carbonyl (C=O) groups excluding carboxylic acids is 1. The molecular weight excluding hydrogens is 445 g/mol. The van der Waals surface area contributed by atoms with Crippen LogP contribution in [0, 0.1) is 5.82 Å². The minimum Gasteiger partial charge on any atom is -0.490 e. The van der Waals surface area contributed by atoms with E-state index in [9.17, 15) is 14.0 Å². The van der Waals surface area contributed by atoms with Crippen molar-refractivity contribution in [2.24, 2.45) is 0 Å². The first kappa shape index (κ1) is 23.8. The van der Waals surface area contributed by atoms with E-state index >= 15 is 0 Å². The maximum absolute atomic E-state index is 13.7. The molecular formula is C29H24FNO4. The van der Waals surface area contributed by atoms with Crippen LogP contribution >= 0.6 is 0 Å². The molecule has 1 heterocycles. The third-order valence-electron chi connectivity index (χ3n) is 5.58. The zero-order chi connectivity index (χ0) is 24.9. The summed E-state index contributed by atoms with van der Waals surface area (Å²) in [5.41, 5.74) is 4.71. The first-order chi connectivity index (χ1) is 16.8. The van der Waals surface area contributed by atoms with Crippen LogP contribution in [-0.2, 0) is 4.79 Å². The summed E-state index contributed by atoms with van der Waals surface area (Å²) in [4.78, 5) is 27.3. The van der Waals surface area contributed by atoms with Crippen LogP contribution in [0.15, 0.2) is 78.9 Å². The van der Waals surface area contributed by atoms with Gasteiger partial charge >= 0.3 is 5.97 Å². The predicted molar refractivity (Wildman–Crippen MR) is 134 cm³/mol. The van der Waals surface area contributed by atoms with Crippen molar-refractivity contribution < 1.29 is 23.8 Å². The number of pyridine rings is 1. The Balaban J connectivity index is 1.67. The highest BCUT2D eigenvalue weighted by atomic mass is 19.1. The number of carboxylic acid groups (broad SMARTS) is 1. The first-order valence-electron chi connectivity index (χ1n) is 11.2. The second kappa shape index (κ2) is 10.3.